The van der Waals surface area contributed by atoms with E-state index in [1.54, 1.807) is 59.8 Å². The first-order valence-electron chi connectivity index (χ1n) is 11.3. The van der Waals surface area contributed by atoms with Gasteiger partial charge in [-0.05, 0) is 43.9 Å². The minimum absolute atomic E-state index is 0.0334. The molecule has 1 aromatic carbocycles. The summed E-state index contributed by atoms with van der Waals surface area (Å²) in [5, 5.41) is 12.9. The second-order valence-electron chi connectivity index (χ2n) is 8.85. The van der Waals surface area contributed by atoms with E-state index in [0.29, 0.717) is 22.6 Å². The minimum atomic E-state index is -0.189. The smallest absolute Gasteiger partial charge is 0.255 e. The predicted octanol–water partition coefficient (Wildman–Crippen LogP) is 2.45. The molecule has 5 rings (SSSR count). The van der Waals surface area contributed by atoms with Crippen molar-refractivity contribution in [3.05, 3.63) is 48.4 Å². The number of hydrogen-bond donors (Lipinski definition) is 1. The van der Waals surface area contributed by atoms with Gasteiger partial charge in [-0.3, -0.25) is 9.59 Å². The van der Waals surface area contributed by atoms with Crippen LogP contribution in [0.5, 0.6) is 5.75 Å². The minimum Gasteiger partial charge on any atom is -0.496 e. The number of benzene rings is 1. The van der Waals surface area contributed by atoms with Crippen molar-refractivity contribution in [1.29, 1.82) is 0 Å². The van der Waals surface area contributed by atoms with Crippen LogP contribution in [-0.2, 0) is 4.79 Å². The summed E-state index contributed by atoms with van der Waals surface area (Å²) in [6.07, 6.45) is 8.35. The van der Waals surface area contributed by atoms with E-state index in [2.05, 4.69) is 20.5 Å². The van der Waals surface area contributed by atoms with Gasteiger partial charge in [0.1, 0.15) is 5.75 Å². The number of imidazole rings is 1. The van der Waals surface area contributed by atoms with Gasteiger partial charge >= 0.3 is 0 Å². The van der Waals surface area contributed by atoms with E-state index in [0.717, 1.165) is 36.7 Å². The summed E-state index contributed by atoms with van der Waals surface area (Å²) in [5.41, 5.74) is 1.87. The molecule has 1 aliphatic rings. The Kier molecular flexibility index (Phi) is 5.64. The molecule has 0 aliphatic heterocycles. The van der Waals surface area contributed by atoms with Crippen molar-refractivity contribution in [2.75, 3.05) is 21.2 Å². The normalized spacial score (nSPS) is 18.2. The van der Waals surface area contributed by atoms with E-state index in [-0.39, 0.29) is 23.8 Å². The number of amides is 2. The van der Waals surface area contributed by atoms with E-state index in [1.807, 2.05) is 18.3 Å². The molecule has 1 N–H and O–H groups in total. The Morgan fingerprint density at radius 1 is 1.18 bits per heavy atom. The largest absolute Gasteiger partial charge is 0.496 e. The lowest BCUT2D eigenvalue weighted by atomic mass is 9.85. The van der Waals surface area contributed by atoms with E-state index in [4.69, 9.17) is 4.74 Å². The zero-order chi connectivity index (χ0) is 23.8. The molecule has 3 heterocycles. The van der Waals surface area contributed by atoms with Crippen LogP contribution in [0.1, 0.15) is 36.0 Å². The Balaban J connectivity index is 1.37. The third kappa shape index (κ3) is 3.95. The monoisotopic (exact) mass is 461 g/mol. The van der Waals surface area contributed by atoms with Gasteiger partial charge in [0.25, 0.3) is 5.91 Å². The Morgan fingerprint density at radius 3 is 2.71 bits per heavy atom. The van der Waals surface area contributed by atoms with E-state index >= 15 is 0 Å². The summed E-state index contributed by atoms with van der Waals surface area (Å²) in [5.74, 6) is 1.17. The highest BCUT2D eigenvalue weighted by atomic mass is 16.5. The molecule has 10 nitrogen and oxygen atoms in total. The first-order valence-corrected chi connectivity index (χ1v) is 11.3. The number of fused-ring (bicyclic) bond motifs is 2. The number of hydrogen-bond acceptors (Lipinski definition) is 6. The number of aromatic nitrogens is 5. The lowest BCUT2D eigenvalue weighted by molar-refractivity contribution is -0.134. The average molecular weight is 462 g/mol. The van der Waals surface area contributed by atoms with Crippen LogP contribution >= 0.6 is 0 Å². The van der Waals surface area contributed by atoms with Crippen LogP contribution < -0.4 is 10.1 Å². The standard InChI is InChI=1S/C24H27N7O3/c1-29(2)24(33)15-6-8-17(9-7-15)27-23(32)18-11-16-14-30(28-19(16)12-20(18)34-3)22-13-25-21-5-4-10-26-31(21)22/h4-5,10-15,17H,6-9H2,1-3H3,(H,27,32). The molecule has 1 saturated carbocycles. The van der Waals surface area contributed by atoms with Gasteiger partial charge in [0, 0.05) is 49.9 Å². The molecule has 3 aromatic heterocycles. The summed E-state index contributed by atoms with van der Waals surface area (Å²) >= 11 is 0. The first kappa shape index (κ1) is 21.9. The summed E-state index contributed by atoms with van der Waals surface area (Å²) in [4.78, 5) is 31.4. The number of methoxy groups -OCH3 is 1. The van der Waals surface area contributed by atoms with Gasteiger partial charge in [-0.15, -0.1) is 0 Å². The summed E-state index contributed by atoms with van der Waals surface area (Å²) < 4.78 is 8.92. The molecule has 0 saturated heterocycles. The fourth-order valence-corrected chi connectivity index (χ4v) is 4.60. The van der Waals surface area contributed by atoms with Crippen molar-refractivity contribution in [1.82, 2.24) is 34.6 Å². The van der Waals surface area contributed by atoms with E-state index in [9.17, 15) is 9.59 Å². The van der Waals surface area contributed by atoms with E-state index in [1.165, 1.54) is 0 Å². The number of ether oxygens (including phenoxy) is 1. The van der Waals surface area contributed by atoms with Crippen molar-refractivity contribution in [3.8, 4) is 11.6 Å². The van der Waals surface area contributed by atoms with Gasteiger partial charge in [-0.1, -0.05) is 0 Å². The third-order valence-corrected chi connectivity index (χ3v) is 6.42. The van der Waals surface area contributed by atoms with Crippen molar-refractivity contribution >= 4 is 28.4 Å². The molecule has 2 amide bonds. The van der Waals surface area contributed by atoms with Crippen molar-refractivity contribution in [2.24, 2.45) is 5.92 Å². The van der Waals surface area contributed by atoms with Crippen LogP contribution in [0.4, 0.5) is 0 Å². The number of rotatable bonds is 5. The van der Waals surface area contributed by atoms with Crippen LogP contribution in [0.2, 0.25) is 0 Å². The molecule has 10 heteroatoms. The maximum atomic E-state index is 13.2. The van der Waals surface area contributed by atoms with Crippen LogP contribution in [0.3, 0.4) is 0 Å². The van der Waals surface area contributed by atoms with Gasteiger partial charge in [0.15, 0.2) is 11.5 Å². The topological polar surface area (TPSA) is 107 Å². The lowest BCUT2D eigenvalue weighted by Gasteiger charge is -2.30. The zero-order valence-electron chi connectivity index (χ0n) is 19.4. The molecular formula is C24H27N7O3. The van der Waals surface area contributed by atoms with Crippen LogP contribution in [0.25, 0.3) is 22.4 Å². The molecule has 0 atom stereocenters. The molecule has 176 valence electrons. The predicted molar refractivity (Wildman–Crippen MR) is 126 cm³/mol. The lowest BCUT2D eigenvalue weighted by Crippen LogP contribution is -2.40. The summed E-state index contributed by atoms with van der Waals surface area (Å²) in [6.45, 7) is 0. The second kappa shape index (κ2) is 8.77. The van der Waals surface area contributed by atoms with E-state index < -0.39 is 0 Å². The second-order valence-corrected chi connectivity index (χ2v) is 8.85. The van der Waals surface area contributed by atoms with Crippen LogP contribution in [-0.4, -0.2) is 68.3 Å². The molecule has 1 fully saturated rings. The van der Waals surface area contributed by atoms with Crippen LogP contribution in [0.15, 0.2) is 42.9 Å². The van der Waals surface area contributed by atoms with Crippen molar-refractivity contribution < 1.29 is 14.3 Å². The van der Waals surface area contributed by atoms with Crippen LogP contribution in [0, 0.1) is 5.92 Å². The Hall–Kier alpha value is -3.95. The van der Waals surface area contributed by atoms with Crippen molar-refractivity contribution in [3.63, 3.8) is 0 Å². The molecule has 4 aromatic rings. The molecule has 0 bridgehead atoms. The van der Waals surface area contributed by atoms with Gasteiger partial charge in [0.2, 0.25) is 5.91 Å². The maximum Gasteiger partial charge on any atom is 0.255 e. The summed E-state index contributed by atoms with van der Waals surface area (Å²) in [7, 11) is 5.11. The number of carbonyl (C=O) groups is 2. The fourth-order valence-electron chi connectivity index (χ4n) is 4.60. The Morgan fingerprint density at radius 2 is 1.97 bits per heavy atom. The quantitative estimate of drug-likeness (QED) is 0.489. The zero-order valence-corrected chi connectivity index (χ0v) is 19.4. The fraction of sp³-hybridized carbons (Fsp3) is 0.375. The molecule has 0 unspecified atom stereocenters. The number of nitrogens with zero attached hydrogens (tertiary/aromatic N) is 6. The Labute approximate surface area is 196 Å². The molecule has 34 heavy (non-hydrogen) atoms. The SMILES string of the molecule is COc1cc2nn(-c3cnc4cccnn34)cc2cc1C(=O)NC1CCC(C(=O)N(C)C)CC1. The first-order chi connectivity index (χ1) is 16.4. The Bertz CT molecular complexity index is 1370. The van der Waals surface area contributed by atoms with Gasteiger partial charge in [0.05, 0.1) is 24.4 Å². The maximum absolute atomic E-state index is 13.2. The summed E-state index contributed by atoms with van der Waals surface area (Å²) in [6, 6.07) is 7.30. The van der Waals surface area contributed by atoms with Crippen molar-refractivity contribution in [2.45, 2.75) is 31.7 Å². The highest BCUT2D eigenvalue weighted by Crippen LogP contribution is 2.29. The molecule has 0 spiro atoms. The number of nitrogens with one attached hydrogen (secondary N) is 1. The molecular weight excluding hydrogens is 434 g/mol. The van der Waals surface area contributed by atoms with Gasteiger partial charge in [-0.25, -0.2) is 9.67 Å². The van der Waals surface area contributed by atoms with Gasteiger partial charge in [-0.2, -0.15) is 14.7 Å². The highest BCUT2D eigenvalue weighted by molar-refractivity contribution is 6.01. The third-order valence-electron chi connectivity index (χ3n) is 6.42. The van der Waals surface area contributed by atoms with Gasteiger partial charge < -0.3 is 15.0 Å². The molecule has 0 radical (unpaired) electrons. The number of carbonyl (C=O) groups excluding carboxylic acids is 2. The average Bonchev–Trinajstić information content (AvgIpc) is 3.46. The molecule has 1 aliphatic carbocycles. The highest BCUT2D eigenvalue weighted by Gasteiger charge is 2.28.